The lowest BCUT2D eigenvalue weighted by Crippen LogP contribution is -3.06. The van der Waals surface area contributed by atoms with Crippen LogP contribution in [0, 0.1) is 6.92 Å². The minimum atomic E-state index is -0.716. The predicted molar refractivity (Wildman–Crippen MR) is 142 cm³/mol. The number of hydrogen-bond acceptors (Lipinski definition) is 4. The van der Waals surface area contributed by atoms with Gasteiger partial charge in [-0.2, -0.15) is 0 Å². The van der Waals surface area contributed by atoms with Gasteiger partial charge in [0.05, 0.1) is 33.2 Å². The lowest BCUT2D eigenvalue weighted by molar-refractivity contribution is -0.857. The molecule has 1 aliphatic heterocycles. The molecule has 6 heteroatoms. The van der Waals surface area contributed by atoms with Gasteiger partial charge in [-0.25, -0.2) is 0 Å². The average Bonchev–Trinajstić information content (AvgIpc) is 3.16. The van der Waals surface area contributed by atoms with E-state index >= 15 is 0 Å². The molecule has 0 aromatic heterocycles. The first kappa shape index (κ1) is 26.2. The number of carbonyl (C=O) groups is 2. The molecule has 0 aliphatic carbocycles. The number of ketones is 1. The molecule has 1 fully saturated rings. The van der Waals surface area contributed by atoms with Gasteiger partial charge in [-0.05, 0) is 53.3 Å². The predicted octanol–water partition coefficient (Wildman–Crippen LogP) is 2.50. The summed E-state index contributed by atoms with van der Waals surface area (Å²) < 4.78 is 5.91. The van der Waals surface area contributed by atoms with Gasteiger partial charge in [0, 0.05) is 5.57 Å². The van der Waals surface area contributed by atoms with E-state index in [1.807, 2.05) is 75.6 Å². The summed E-state index contributed by atoms with van der Waals surface area (Å²) in [6.07, 6.45) is 0.879. The summed E-state index contributed by atoms with van der Waals surface area (Å²) in [6, 6.07) is 22.2. The molecule has 1 heterocycles. The van der Waals surface area contributed by atoms with Gasteiger partial charge in [0.15, 0.2) is 0 Å². The normalized spacial score (nSPS) is 17.0. The zero-order valence-electron chi connectivity index (χ0n) is 21.9. The number of amides is 1. The minimum Gasteiger partial charge on any atom is -0.872 e. The third kappa shape index (κ3) is 5.75. The average molecular weight is 499 g/mol. The number of quaternary nitrogens is 1. The Morgan fingerprint density at radius 1 is 0.973 bits per heavy atom. The summed E-state index contributed by atoms with van der Waals surface area (Å²) in [4.78, 5) is 29.0. The van der Waals surface area contributed by atoms with Gasteiger partial charge in [-0.15, -0.1) is 0 Å². The molecule has 1 aliphatic rings. The fourth-order valence-corrected chi connectivity index (χ4v) is 4.59. The molecule has 1 unspecified atom stereocenters. The second-order valence-electron chi connectivity index (χ2n) is 9.78. The van der Waals surface area contributed by atoms with E-state index in [0.717, 1.165) is 28.0 Å². The number of rotatable bonds is 9. The number of carbonyl (C=O) groups excluding carboxylic acids is 2. The van der Waals surface area contributed by atoms with Crippen molar-refractivity contribution < 1.29 is 24.3 Å². The SMILES string of the molecule is CCc1ccc(C2/C(=C(\[O-])c3ccc(OCc4ccccc4)cc3C)C(=O)C(=O)N2CC[NH+](C)C)cc1. The summed E-state index contributed by atoms with van der Waals surface area (Å²) in [5, 5.41) is 13.8. The van der Waals surface area contributed by atoms with Crippen molar-refractivity contribution in [1.82, 2.24) is 4.90 Å². The number of benzene rings is 3. The molecule has 0 saturated carbocycles. The second-order valence-corrected chi connectivity index (χ2v) is 9.78. The van der Waals surface area contributed by atoms with E-state index in [1.165, 1.54) is 0 Å². The summed E-state index contributed by atoms with van der Waals surface area (Å²) in [5.41, 5.74) is 4.08. The first-order valence-electron chi connectivity index (χ1n) is 12.7. The molecular weight excluding hydrogens is 464 g/mol. The Bertz CT molecular complexity index is 1300. The smallest absolute Gasteiger partial charge is 0.295 e. The zero-order chi connectivity index (χ0) is 26.5. The number of likely N-dealkylation sites (tertiary alicyclic amines) is 1. The quantitative estimate of drug-likeness (QED) is 0.280. The van der Waals surface area contributed by atoms with Crippen molar-refractivity contribution in [2.45, 2.75) is 32.9 Å². The molecule has 1 N–H and O–H groups in total. The standard InChI is InChI=1S/C31H34N2O4/c1-5-22-11-13-24(14-12-22)28-27(30(35)31(36)33(28)18-17-32(3)4)29(34)26-16-15-25(19-21(26)2)37-20-23-9-7-6-8-10-23/h6-16,19,28,34H,5,17-18,20H2,1-4H3/b29-27+. The van der Waals surface area contributed by atoms with E-state index in [0.29, 0.717) is 36.6 Å². The molecule has 1 atom stereocenters. The summed E-state index contributed by atoms with van der Waals surface area (Å²) >= 11 is 0. The van der Waals surface area contributed by atoms with E-state index < -0.39 is 23.5 Å². The van der Waals surface area contributed by atoms with Crippen LogP contribution in [0.5, 0.6) is 5.75 Å². The Hall–Kier alpha value is -3.90. The van der Waals surface area contributed by atoms with Crippen molar-refractivity contribution in [3.8, 4) is 5.75 Å². The van der Waals surface area contributed by atoms with E-state index in [4.69, 9.17) is 4.74 Å². The highest BCUT2D eigenvalue weighted by atomic mass is 16.5. The van der Waals surface area contributed by atoms with Crippen LogP contribution in [0.4, 0.5) is 0 Å². The van der Waals surface area contributed by atoms with Crippen molar-refractivity contribution >= 4 is 17.4 Å². The van der Waals surface area contributed by atoms with Crippen molar-refractivity contribution in [2.75, 3.05) is 27.2 Å². The van der Waals surface area contributed by atoms with Crippen LogP contribution in [0.1, 0.15) is 40.8 Å². The van der Waals surface area contributed by atoms with Crippen molar-refractivity contribution in [2.24, 2.45) is 0 Å². The van der Waals surface area contributed by atoms with Crippen LogP contribution in [0.15, 0.2) is 78.4 Å². The Morgan fingerprint density at radius 3 is 2.30 bits per heavy atom. The fourth-order valence-electron chi connectivity index (χ4n) is 4.59. The number of hydrogen-bond donors (Lipinski definition) is 1. The van der Waals surface area contributed by atoms with Crippen LogP contribution in [-0.4, -0.2) is 43.8 Å². The van der Waals surface area contributed by atoms with Crippen molar-refractivity contribution in [3.63, 3.8) is 0 Å². The molecule has 3 aromatic rings. The third-order valence-electron chi connectivity index (χ3n) is 6.78. The van der Waals surface area contributed by atoms with Gasteiger partial charge in [-0.3, -0.25) is 9.59 Å². The maximum Gasteiger partial charge on any atom is 0.295 e. The van der Waals surface area contributed by atoms with Gasteiger partial charge in [0.25, 0.3) is 5.91 Å². The minimum absolute atomic E-state index is 0.0176. The van der Waals surface area contributed by atoms with Crippen LogP contribution in [0.3, 0.4) is 0 Å². The highest BCUT2D eigenvalue weighted by Crippen LogP contribution is 2.39. The van der Waals surface area contributed by atoms with Crippen molar-refractivity contribution in [1.29, 1.82) is 0 Å². The van der Waals surface area contributed by atoms with Gasteiger partial charge >= 0.3 is 0 Å². The Morgan fingerprint density at radius 2 is 1.68 bits per heavy atom. The molecule has 0 radical (unpaired) electrons. The summed E-state index contributed by atoms with van der Waals surface area (Å²) in [5.74, 6) is -1.10. The molecule has 3 aromatic carbocycles. The molecule has 37 heavy (non-hydrogen) atoms. The molecule has 6 nitrogen and oxygen atoms in total. The van der Waals surface area contributed by atoms with Gasteiger partial charge in [-0.1, -0.05) is 73.3 Å². The third-order valence-corrected chi connectivity index (χ3v) is 6.78. The molecule has 0 spiro atoms. The van der Waals surface area contributed by atoms with Gasteiger partial charge in [0.2, 0.25) is 5.78 Å². The van der Waals surface area contributed by atoms with E-state index in [9.17, 15) is 14.7 Å². The van der Waals surface area contributed by atoms with Crippen LogP contribution in [-0.2, 0) is 22.6 Å². The highest BCUT2D eigenvalue weighted by molar-refractivity contribution is 6.46. The van der Waals surface area contributed by atoms with Gasteiger partial charge < -0.3 is 19.6 Å². The first-order chi connectivity index (χ1) is 17.8. The second kappa shape index (κ2) is 11.4. The highest BCUT2D eigenvalue weighted by Gasteiger charge is 2.44. The Kier molecular flexibility index (Phi) is 8.09. The van der Waals surface area contributed by atoms with Crippen LogP contribution in [0.2, 0.25) is 0 Å². The number of nitrogens with one attached hydrogen (secondary N) is 1. The van der Waals surface area contributed by atoms with E-state index in [-0.39, 0.29) is 5.57 Å². The summed E-state index contributed by atoms with van der Waals surface area (Å²) in [7, 11) is 3.99. The molecule has 1 saturated heterocycles. The summed E-state index contributed by atoms with van der Waals surface area (Å²) in [6.45, 7) is 5.35. The lowest BCUT2D eigenvalue weighted by Gasteiger charge is -2.28. The topological polar surface area (TPSA) is 74.1 Å². The van der Waals surface area contributed by atoms with Crippen LogP contribution < -0.4 is 14.7 Å². The fraction of sp³-hybridized carbons (Fsp3) is 0.290. The number of aryl methyl sites for hydroxylation is 2. The molecule has 1 amide bonds. The van der Waals surface area contributed by atoms with Crippen molar-refractivity contribution in [3.05, 3.63) is 106 Å². The number of nitrogens with zero attached hydrogens (tertiary/aromatic N) is 1. The van der Waals surface area contributed by atoms with Crippen LogP contribution >= 0.6 is 0 Å². The van der Waals surface area contributed by atoms with Crippen LogP contribution in [0.25, 0.3) is 5.76 Å². The Labute approximate surface area is 218 Å². The van der Waals surface area contributed by atoms with E-state index in [2.05, 4.69) is 6.92 Å². The molecular formula is C31H34N2O4. The Balaban J connectivity index is 1.70. The maximum absolute atomic E-state index is 13.8. The monoisotopic (exact) mass is 498 g/mol. The zero-order valence-corrected chi connectivity index (χ0v) is 21.9. The van der Waals surface area contributed by atoms with E-state index in [1.54, 1.807) is 23.1 Å². The largest absolute Gasteiger partial charge is 0.872 e. The first-order valence-corrected chi connectivity index (χ1v) is 12.7. The lowest BCUT2D eigenvalue weighted by atomic mass is 9.93. The number of Topliss-reactive ketones (excluding diaryl/α,β-unsaturated/α-hetero) is 1. The maximum atomic E-state index is 13.8. The molecule has 4 rings (SSSR count). The van der Waals surface area contributed by atoms with Gasteiger partial charge in [0.1, 0.15) is 12.4 Å². The number of ether oxygens (including phenoxy) is 1. The molecule has 0 bridgehead atoms. The number of likely N-dealkylation sites (N-methyl/N-ethyl adjacent to an activating group) is 1. The molecule has 192 valence electrons.